The first-order valence-electron chi connectivity index (χ1n) is 12.0. The zero-order chi connectivity index (χ0) is 25.0. The molecule has 2 saturated heterocycles. The zero-order valence-corrected chi connectivity index (χ0v) is 21.2. The number of rotatable bonds is 6. The van der Waals surface area contributed by atoms with Crippen LogP contribution in [0.25, 0.3) is 33.6 Å². The first-order valence-corrected chi connectivity index (χ1v) is 13.8. The molecule has 4 aromatic rings. The molecule has 0 aliphatic carbocycles. The molecule has 10 nitrogen and oxygen atoms in total. The number of aromatic nitrogens is 6. The fraction of sp³-hybridized carbons (Fsp3) is 0.360. The van der Waals surface area contributed by atoms with Gasteiger partial charge >= 0.3 is 0 Å². The molecular formula is C25H28N8O2S. The van der Waals surface area contributed by atoms with E-state index in [0.29, 0.717) is 11.6 Å². The third-order valence-corrected chi connectivity index (χ3v) is 8.48. The van der Waals surface area contributed by atoms with Gasteiger partial charge in [-0.15, -0.1) is 0 Å². The molecule has 0 amide bonds. The van der Waals surface area contributed by atoms with E-state index in [1.54, 1.807) is 19.9 Å². The lowest BCUT2D eigenvalue weighted by molar-refractivity contribution is 0.395. The molecule has 2 fully saturated rings. The summed E-state index contributed by atoms with van der Waals surface area (Å²) in [5.41, 5.74) is 4.69. The first-order chi connectivity index (χ1) is 17.3. The molecule has 2 aliphatic heterocycles. The highest BCUT2D eigenvalue weighted by Gasteiger charge is 2.50. The average molecular weight is 505 g/mol. The minimum absolute atomic E-state index is 0.0154. The Balaban J connectivity index is 1.38. The van der Waals surface area contributed by atoms with Gasteiger partial charge in [0.1, 0.15) is 5.82 Å². The predicted molar refractivity (Wildman–Crippen MR) is 137 cm³/mol. The summed E-state index contributed by atoms with van der Waals surface area (Å²) in [6.45, 7) is 0. The number of aryl methyl sites for hydroxylation is 2. The van der Waals surface area contributed by atoms with Gasteiger partial charge in [0, 0.05) is 73.1 Å². The minimum atomic E-state index is -3.26. The van der Waals surface area contributed by atoms with Crippen molar-refractivity contribution in [1.29, 1.82) is 0 Å². The highest BCUT2D eigenvalue weighted by molar-refractivity contribution is 7.88. The average Bonchev–Trinajstić information content (AvgIpc) is 3.63. The number of benzene rings is 1. The summed E-state index contributed by atoms with van der Waals surface area (Å²) in [7, 11) is 0.503. The van der Waals surface area contributed by atoms with E-state index in [9.17, 15) is 8.42 Å². The fourth-order valence-corrected chi connectivity index (χ4v) is 7.07. The first kappa shape index (κ1) is 22.9. The molecule has 0 saturated carbocycles. The summed E-state index contributed by atoms with van der Waals surface area (Å²) in [6, 6.07) is 8.04. The van der Waals surface area contributed by atoms with Gasteiger partial charge in [0.25, 0.3) is 0 Å². The molecule has 186 valence electrons. The van der Waals surface area contributed by atoms with Crippen LogP contribution in [0.2, 0.25) is 0 Å². The summed E-state index contributed by atoms with van der Waals surface area (Å²) >= 11 is 0. The van der Waals surface area contributed by atoms with E-state index in [1.165, 1.54) is 6.26 Å². The highest BCUT2D eigenvalue weighted by Crippen LogP contribution is 2.41. The zero-order valence-electron chi connectivity index (χ0n) is 20.4. The molecule has 1 N–H and O–H groups in total. The second-order valence-electron chi connectivity index (χ2n) is 9.72. The maximum atomic E-state index is 12.4. The van der Waals surface area contributed by atoms with Crippen LogP contribution in [0.1, 0.15) is 19.3 Å². The van der Waals surface area contributed by atoms with Crippen LogP contribution >= 0.6 is 0 Å². The Morgan fingerprint density at radius 3 is 2.33 bits per heavy atom. The number of anilines is 1. The van der Waals surface area contributed by atoms with Crippen LogP contribution < -0.4 is 5.32 Å². The highest BCUT2D eigenvalue weighted by atomic mass is 32.2. The van der Waals surface area contributed by atoms with Crippen molar-refractivity contribution in [3.63, 3.8) is 0 Å². The summed E-state index contributed by atoms with van der Waals surface area (Å²) in [4.78, 5) is 9.65. The number of fused-ring (bicyclic) bond motifs is 2. The van der Waals surface area contributed by atoms with Gasteiger partial charge in [0.05, 0.1) is 18.6 Å². The van der Waals surface area contributed by atoms with Crippen molar-refractivity contribution in [3.05, 3.63) is 55.2 Å². The molecule has 5 heterocycles. The van der Waals surface area contributed by atoms with Crippen LogP contribution in [0.15, 0.2) is 55.2 Å². The summed E-state index contributed by atoms with van der Waals surface area (Å²) in [5.74, 6) is 1.28. The van der Waals surface area contributed by atoms with Crippen LogP contribution in [0, 0.1) is 0 Å². The maximum absolute atomic E-state index is 12.4. The molecule has 11 heteroatoms. The molecule has 0 spiro atoms. The van der Waals surface area contributed by atoms with E-state index >= 15 is 0 Å². The van der Waals surface area contributed by atoms with Gasteiger partial charge in [-0.1, -0.05) is 18.2 Å². The fourth-order valence-electron chi connectivity index (χ4n) is 5.60. The molecule has 2 bridgehead atoms. The lowest BCUT2D eigenvalue weighted by atomic mass is 9.95. The van der Waals surface area contributed by atoms with E-state index in [1.807, 2.05) is 57.1 Å². The lowest BCUT2D eigenvalue weighted by Gasteiger charge is -2.25. The van der Waals surface area contributed by atoms with Crippen molar-refractivity contribution in [2.24, 2.45) is 14.1 Å². The minimum Gasteiger partial charge on any atom is -0.365 e. The standard InChI is InChI=1S/C25H28N8O2S/c1-31-14-18(11-27-31)16-5-4-6-17(9-16)24-26-13-21(19-12-28-32(2)15-19)25(30-24)29-22-10-20-7-8-23(22)33(20)36(3,34)35/h4-6,9,11-15,20,22-23H,7-8,10H2,1-3H3,(H,26,29,30). The van der Waals surface area contributed by atoms with E-state index in [2.05, 4.69) is 21.6 Å². The van der Waals surface area contributed by atoms with Crippen molar-refractivity contribution in [2.45, 2.75) is 37.4 Å². The van der Waals surface area contributed by atoms with Crippen molar-refractivity contribution in [1.82, 2.24) is 33.8 Å². The van der Waals surface area contributed by atoms with Gasteiger partial charge in [0.15, 0.2) is 5.82 Å². The van der Waals surface area contributed by atoms with E-state index in [-0.39, 0.29) is 18.1 Å². The van der Waals surface area contributed by atoms with Crippen molar-refractivity contribution in [2.75, 3.05) is 11.6 Å². The summed E-state index contributed by atoms with van der Waals surface area (Å²) in [5, 5.41) is 12.2. The smallest absolute Gasteiger partial charge is 0.211 e. The van der Waals surface area contributed by atoms with Crippen LogP contribution in [-0.2, 0) is 24.1 Å². The van der Waals surface area contributed by atoms with Crippen LogP contribution in [0.3, 0.4) is 0 Å². The second kappa shape index (κ2) is 8.52. The van der Waals surface area contributed by atoms with Crippen LogP contribution in [0.5, 0.6) is 0 Å². The summed E-state index contributed by atoms with van der Waals surface area (Å²) < 4.78 is 30.1. The number of nitrogens with one attached hydrogen (secondary N) is 1. The quantitative estimate of drug-likeness (QED) is 0.430. The van der Waals surface area contributed by atoms with Crippen LogP contribution in [-0.4, -0.2) is 66.6 Å². The molecule has 0 radical (unpaired) electrons. The predicted octanol–water partition coefficient (Wildman–Crippen LogP) is 2.92. The molecule has 2 aliphatic rings. The van der Waals surface area contributed by atoms with Crippen molar-refractivity contribution < 1.29 is 8.42 Å². The Morgan fingerprint density at radius 2 is 1.67 bits per heavy atom. The monoisotopic (exact) mass is 504 g/mol. The van der Waals surface area contributed by atoms with Gasteiger partial charge in [-0.2, -0.15) is 14.5 Å². The van der Waals surface area contributed by atoms with E-state index < -0.39 is 10.0 Å². The Hall–Kier alpha value is -3.57. The summed E-state index contributed by atoms with van der Waals surface area (Å²) in [6.07, 6.45) is 13.2. The number of hydrogen-bond donors (Lipinski definition) is 1. The number of sulfonamides is 1. The SMILES string of the molecule is Cn1cc(-c2cccc(-c3ncc(-c4cnn(C)c4)c(NC4CC5CCC4N5S(C)(=O)=O)n3)c2)cn1. The van der Waals surface area contributed by atoms with Crippen molar-refractivity contribution >= 4 is 15.8 Å². The number of nitrogens with zero attached hydrogens (tertiary/aromatic N) is 7. The topological polar surface area (TPSA) is 111 Å². The van der Waals surface area contributed by atoms with Gasteiger partial charge in [0.2, 0.25) is 10.0 Å². The van der Waals surface area contributed by atoms with Gasteiger partial charge in [-0.05, 0) is 30.9 Å². The van der Waals surface area contributed by atoms with E-state index in [4.69, 9.17) is 9.97 Å². The van der Waals surface area contributed by atoms with Gasteiger partial charge in [-0.3, -0.25) is 9.36 Å². The third kappa shape index (κ3) is 4.07. The molecule has 36 heavy (non-hydrogen) atoms. The van der Waals surface area contributed by atoms with Crippen molar-refractivity contribution in [3.8, 4) is 33.6 Å². The molecule has 1 aromatic carbocycles. The third-order valence-electron chi connectivity index (χ3n) is 7.14. The van der Waals surface area contributed by atoms with Gasteiger partial charge < -0.3 is 5.32 Å². The Kier molecular flexibility index (Phi) is 5.41. The lowest BCUT2D eigenvalue weighted by Crippen LogP contribution is -2.39. The molecule has 3 unspecified atom stereocenters. The largest absolute Gasteiger partial charge is 0.365 e. The second-order valence-corrected chi connectivity index (χ2v) is 11.6. The Morgan fingerprint density at radius 1 is 0.944 bits per heavy atom. The molecular weight excluding hydrogens is 476 g/mol. The molecule has 6 rings (SSSR count). The van der Waals surface area contributed by atoms with Crippen LogP contribution in [0.4, 0.5) is 5.82 Å². The molecule has 3 atom stereocenters. The maximum Gasteiger partial charge on any atom is 0.211 e. The molecule has 3 aromatic heterocycles. The van der Waals surface area contributed by atoms with E-state index in [0.717, 1.165) is 47.1 Å². The Labute approximate surface area is 210 Å². The van der Waals surface area contributed by atoms with Gasteiger partial charge in [-0.25, -0.2) is 18.4 Å². The Bertz CT molecular complexity index is 1540. The number of hydrogen-bond acceptors (Lipinski definition) is 7. The normalized spacial score (nSPS) is 21.8.